The van der Waals surface area contributed by atoms with Gasteiger partial charge in [-0.1, -0.05) is 0 Å². The maximum Gasteiger partial charge on any atom is 0.270 e. The van der Waals surface area contributed by atoms with E-state index < -0.39 is 5.91 Å². The third-order valence-corrected chi connectivity index (χ3v) is 3.27. The van der Waals surface area contributed by atoms with Crippen molar-refractivity contribution in [1.29, 1.82) is 0 Å². The number of rotatable bonds is 2. The molecule has 3 fully saturated rings. The Labute approximate surface area is 80.7 Å². The average molecular weight is 193 g/mol. The van der Waals surface area contributed by atoms with E-state index in [-0.39, 0.29) is 0 Å². The lowest BCUT2D eigenvalue weighted by atomic mass is 9.72. The first-order valence-electron chi connectivity index (χ1n) is 4.74. The average Bonchev–Trinajstić information content (AvgIpc) is 2.76. The van der Waals surface area contributed by atoms with Crippen LogP contribution in [0.3, 0.4) is 0 Å². The molecule has 0 aromatic carbocycles. The van der Waals surface area contributed by atoms with Gasteiger partial charge in [-0.25, -0.2) is 4.98 Å². The third-order valence-electron chi connectivity index (χ3n) is 3.27. The molecule has 2 bridgehead atoms. The maximum absolute atomic E-state index is 11.0. The van der Waals surface area contributed by atoms with Crippen LogP contribution in [0.5, 0.6) is 0 Å². The molecule has 0 radical (unpaired) electrons. The monoisotopic (exact) mass is 193 g/mol. The number of hydrogen-bond acceptors (Lipinski definition) is 4. The van der Waals surface area contributed by atoms with E-state index >= 15 is 0 Å². The van der Waals surface area contributed by atoms with Gasteiger partial charge in [-0.15, -0.1) is 0 Å². The molecule has 1 aromatic heterocycles. The molecule has 3 N–H and O–H groups in total. The Hall–Kier alpha value is -1.36. The summed E-state index contributed by atoms with van der Waals surface area (Å²) in [6.07, 6.45) is 2.47. The molecule has 1 aromatic rings. The predicted octanol–water partition coefficient (Wildman–Crippen LogP) is -0.151. The zero-order valence-electron chi connectivity index (χ0n) is 7.56. The van der Waals surface area contributed by atoms with Crippen LogP contribution in [0.15, 0.2) is 10.8 Å². The number of aromatic nitrogens is 1. The van der Waals surface area contributed by atoms with Crippen LogP contribution in [-0.4, -0.2) is 23.5 Å². The van der Waals surface area contributed by atoms with E-state index in [0.29, 0.717) is 29.3 Å². The molecule has 1 aliphatic carbocycles. The molecule has 1 saturated carbocycles. The summed E-state index contributed by atoms with van der Waals surface area (Å²) in [4.78, 5) is 14.9. The van der Waals surface area contributed by atoms with Gasteiger partial charge in [-0.3, -0.25) is 4.79 Å². The second kappa shape index (κ2) is 2.57. The minimum absolute atomic E-state index is 0.299. The molecule has 2 aliphatic heterocycles. The molecule has 1 amide bonds. The summed E-state index contributed by atoms with van der Waals surface area (Å²) in [5, 5.41) is 3.36. The molecule has 14 heavy (non-hydrogen) atoms. The van der Waals surface area contributed by atoms with Gasteiger partial charge in [0.25, 0.3) is 5.91 Å². The highest BCUT2D eigenvalue weighted by Crippen LogP contribution is 2.47. The van der Waals surface area contributed by atoms with Crippen molar-refractivity contribution in [3.8, 4) is 0 Å². The molecule has 3 aliphatic rings. The normalized spacial score (nSPS) is 34.1. The standard InChI is InChI=1S/C9H11N3O2/c10-9(13)7-8(14-3-12-7)6-4-1-5(6)11-2-4/h3-6,11H,1-2H2,(H2,10,13). The quantitative estimate of drug-likeness (QED) is 0.684. The Balaban J connectivity index is 1.97. The van der Waals surface area contributed by atoms with Gasteiger partial charge < -0.3 is 15.5 Å². The molecule has 5 nitrogen and oxygen atoms in total. The fourth-order valence-corrected chi connectivity index (χ4v) is 2.55. The highest BCUT2D eigenvalue weighted by molar-refractivity contribution is 5.91. The van der Waals surface area contributed by atoms with Gasteiger partial charge in [0.05, 0.1) is 0 Å². The molecule has 3 unspecified atom stereocenters. The Kier molecular flexibility index (Phi) is 1.47. The summed E-state index contributed by atoms with van der Waals surface area (Å²) >= 11 is 0. The number of carbonyl (C=O) groups excluding carboxylic acids is 1. The van der Waals surface area contributed by atoms with Crippen molar-refractivity contribution >= 4 is 5.91 Å². The van der Waals surface area contributed by atoms with E-state index in [1.54, 1.807) is 0 Å². The van der Waals surface area contributed by atoms with E-state index in [4.69, 9.17) is 10.2 Å². The summed E-state index contributed by atoms with van der Waals surface area (Å²) in [6, 6.07) is 0.450. The first-order valence-corrected chi connectivity index (χ1v) is 4.74. The van der Waals surface area contributed by atoms with Crippen LogP contribution in [0.25, 0.3) is 0 Å². The van der Waals surface area contributed by atoms with Crippen LogP contribution < -0.4 is 11.1 Å². The number of nitrogens with one attached hydrogen (secondary N) is 1. The number of oxazole rings is 1. The lowest BCUT2D eigenvalue weighted by Crippen LogP contribution is -2.35. The molecule has 74 valence electrons. The first-order chi connectivity index (χ1) is 6.77. The van der Waals surface area contributed by atoms with Gasteiger partial charge in [-0.2, -0.15) is 0 Å². The van der Waals surface area contributed by atoms with Crippen molar-refractivity contribution in [3.05, 3.63) is 17.8 Å². The molecular weight excluding hydrogens is 182 g/mol. The van der Waals surface area contributed by atoms with E-state index in [9.17, 15) is 4.79 Å². The number of nitrogens with zero attached hydrogens (tertiary/aromatic N) is 1. The van der Waals surface area contributed by atoms with Crippen molar-refractivity contribution in [2.24, 2.45) is 11.7 Å². The fourth-order valence-electron chi connectivity index (χ4n) is 2.55. The van der Waals surface area contributed by atoms with Crippen LogP contribution in [0, 0.1) is 5.92 Å². The van der Waals surface area contributed by atoms with Gasteiger partial charge in [0.1, 0.15) is 5.76 Å². The molecule has 5 heteroatoms. The van der Waals surface area contributed by atoms with E-state index in [0.717, 1.165) is 6.54 Å². The lowest BCUT2D eigenvalue weighted by Gasteiger charge is -2.32. The zero-order chi connectivity index (χ0) is 9.71. The number of carbonyl (C=O) groups is 1. The van der Waals surface area contributed by atoms with Gasteiger partial charge >= 0.3 is 0 Å². The summed E-state index contributed by atoms with van der Waals surface area (Å²) in [7, 11) is 0. The van der Waals surface area contributed by atoms with Crippen molar-refractivity contribution in [2.45, 2.75) is 18.4 Å². The highest BCUT2D eigenvalue weighted by atomic mass is 16.3. The number of hydrogen-bond donors (Lipinski definition) is 2. The summed E-state index contributed by atoms with van der Waals surface area (Å²) < 4.78 is 5.26. The Morgan fingerprint density at radius 2 is 2.57 bits per heavy atom. The van der Waals surface area contributed by atoms with Crippen molar-refractivity contribution in [1.82, 2.24) is 10.3 Å². The first kappa shape index (κ1) is 7.99. The van der Waals surface area contributed by atoms with E-state index in [2.05, 4.69) is 10.3 Å². The second-order valence-corrected chi connectivity index (χ2v) is 3.97. The summed E-state index contributed by atoms with van der Waals surface area (Å²) in [5.74, 6) is 1.06. The van der Waals surface area contributed by atoms with E-state index in [1.165, 1.54) is 12.8 Å². The molecular formula is C9H11N3O2. The lowest BCUT2D eigenvalue weighted by molar-refractivity contribution is 0.0991. The van der Waals surface area contributed by atoms with Crippen LogP contribution >= 0.6 is 0 Å². The SMILES string of the molecule is NC(=O)c1ncoc1C1C2CNC1C2. The molecule has 3 atom stereocenters. The van der Waals surface area contributed by atoms with E-state index in [1.807, 2.05) is 0 Å². The molecule has 4 rings (SSSR count). The number of primary amides is 1. The van der Waals surface area contributed by atoms with Crippen molar-refractivity contribution in [3.63, 3.8) is 0 Å². The summed E-state index contributed by atoms with van der Waals surface area (Å²) in [6.45, 7) is 1.01. The van der Waals surface area contributed by atoms with Gasteiger partial charge in [0.2, 0.25) is 0 Å². The van der Waals surface area contributed by atoms with Gasteiger partial charge in [0, 0.05) is 12.0 Å². The fraction of sp³-hybridized carbons (Fsp3) is 0.556. The van der Waals surface area contributed by atoms with Crippen molar-refractivity contribution < 1.29 is 9.21 Å². The molecule has 3 heterocycles. The van der Waals surface area contributed by atoms with Crippen LogP contribution in [0.2, 0.25) is 0 Å². The molecule has 0 spiro atoms. The Bertz CT molecular complexity index is 373. The topological polar surface area (TPSA) is 81.2 Å². The highest BCUT2D eigenvalue weighted by Gasteiger charge is 2.50. The minimum atomic E-state index is -0.500. The number of fused-ring (bicyclic) bond motifs is 1. The third kappa shape index (κ3) is 0.874. The van der Waals surface area contributed by atoms with Gasteiger partial charge in [-0.05, 0) is 18.9 Å². The smallest absolute Gasteiger partial charge is 0.270 e. The van der Waals surface area contributed by atoms with Crippen LogP contribution in [0.4, 0.5) is 0 Å². The van der Waals surface area contributed by atoms with Crippen LogP contribution in [-0.2, 0) is 0 Å². The number of amides is 1. The maximum atomic E-state index is 11.0. The predicted molar refractivity (Wildman–Crippen MR) is 47.7 cm³/mol. The largest absolute Gasteiger partial charge is 0.447 e. The van der Waals surface area contributed by atoms with Gasteiger partial charge in [0.15, 0.2) is 12.1 Å². The second-order valence-electron chi connectivity index (χ2n) is 3.97. The summed E-state index contributed by atoms with van der Waals surface area (Å²) in [5.41, 5.74) is 5.50. The Morgan fingerprint density at radius 3 is 3.14 bits per heavy atom. The molecule has 2 saturated heterocycles. The number of nitrogens with two attached hydrogens (primary N) is 1. The minimum Gasteiger partial charge on any atom is -0.447 e. The zero-order valence-corrected chi connectivity index (χ0v) is 7.56. The van der Waals surface area contributed by atoms with Crippen molar-refractivity contribution in [2.75, 3.05) is 6.54 Å². The van der Waals surface area contributed by atoms with Crippen LogP contribution in [0.1, 0.15) is 28.6 Å². The Morgan fingerprint density at radius 1 is 1.71 bits per heavy atom.